The summed E-state index contributed by atoms with van der Waals surface area (Å²) in [7, 11) is 2.09. The highest BCUT2D eigenvalue weighted by atomic mass is 32.1. The van der Waals surface area contributed by atoms with Crippen LogP contribution in [-0.2, 0) is 7.05 Å². The van der Waals surface area contributed by atoms with Gasteiger partial charge < -0.3 is 8.98 Å². The molecule has 4 aromatic heterocycles. The zero-order valence-corrected chi connectivity index (χ0v) is 24.6. The van der Waals surface area contributed by atoms with Crippen molar-refractivity contribution in [2.75, 3.05) is 0 Å². The van der Waals surface area contributed by atoms with E-state index < -0.39 is 0 Å². The van der Waals surface area contributed by atoms with E-state index in [-0.39, 0.29) is 0 Å². The molecule has 0 fully saturated rings. The lowest BCUT2D eigenvalue weighted by atomic mass is 10.3. The van der Waals surface area contributed by atoms with Gasteiger partial charge in [-0.15, -0.1) is 22.7 Å². The minimum atomic E-state index is 1.00. The number of aryl methyl sites for hydroxylation is 11. The largest absolute Gasteiger partial charge is 0.466 e. The maximum Gasteiger partial charge on any atom is 0.103 e. The summed E-state index contributed by atoms with van der Waals surface area (Å²) >= 11 is 3.74. The molecule has 0 spiro atoms. The van der Waals surface area contributed by atoms with E-state index in [1.54, 1.807) is 0 Å². The molecule has 0 aliphatic heterocycles. The molecule has 4 heteroatoms. The van der Waals surface area contributed by atoms with Crippen molar-refractivity contribution in [2.24, 2.45) is 7.05 Å². The smallest absolute Gasteiger partial charge is 0.103 e. The van der Waals surface area contributed by atoms with E-state index in [2.05, 4.69) is 92.1 Å². The molecule has 0 aliphatic rings. The Hall–Kier alpha value is -2.04. The predicted molar refractivity (Wildman–Crippen MR) is 150 cm³/mol. The van der Waals surface area contributed by atoms with Crippen LogP contribution in [-0.4, -0.2) is 4.57 Å². The molecule has 0 unspecified atom stereocenters. The van der Waals surface area contributed by atoms with Crippen LogP contribution < -0.4 is 0 Å². The number of furan rings is 1. The van der Waals surface area contributed by atoms with Gasteiger partial charge in [0.1, 0.15) is 11.5 Å². The fourth-order valence-electron chi connectivity index (χ4n) is 3.32. The molecule has 0 aromatic carbocycles. The van der Waals surface area contributed by atoms with Crippen molar-refractivity contribution in [1.29, 1.82) is 0 Å². The van der Waals surface area contributed by atoms with Crippen LogP contribution in [0.4, 0.5) is 0 Å². The summed E-state index contributed by atoms with van der Waals surface area (Å²) in [6.45, 7) is 25.3. The Labute approximate surface area is 210 Å². The molecule has 0 N–H and O–H groups in total. The minimum Gasteiger partial charge on any atom is -0.466 e. The summed E-state index contributed by atoms with van der Waals surface area (Å²) in [5.41, 5.74) is 8.18. The summed E-state index contributed by atoms with van der Waals surface area (Å²) in [6.07, 6.45) is 0. The first kappa shape index (κ1) is 29.0. The first-order chi connectivity index (χ1) is 15.2. The Balaban J connectivity index is 0.000000220. The van der Waals surface area contributed by atoms with Crippen molar-refractivity contribution in [2.45, 2.75) is 83.1 Å². The Morgan fingerprint density at radius 1 is 0.576 bits per heavy atom. The van der Waals surface area contributed by atoms with Crippen LogP contribution in [0.5, 0.6) is 0 Å². The van der Waals surface area contributed by atoms with Crippen LogP contribution in [0, 0.1) is 83.1 Å². The van der Waals surface area contributed by atoms with Crippen molar-refractivity contribution in [3.63, 3.8) is 0 Å². The van der Waals surface area contributed by atoms with Gasteiger partial charge in [-0.25, -0.2) is 0 Å². The molecule has 0 saturated carbocycles. The highest BCUT2D eigenvalue weighted by Crippen LogP contribution is 2.19. The van der Waals surface area contributed by atoms with Crippen molar-refractivity contribution in [3.05, 3.63) is 88.9 Å². The number of hydrogen-bond donors (Lipinski definition) is 0. The summed E-state index contributed by atoms with van der Waals surface area (Å²) in [6, 6.07) is 8.69. The summed E-state index contributed by atoms with van der Waals surface area (Å²) in [5.74, 6) is 2.03. The first-order valence-corrected chi connectivity index (χ1v) is 13.1. The van der Waals surface area contributed by atoms with Gasteiger partial charge in [0.15, 0.2) is 0 Å². The van der Waals surface area contributed by atoms with E-state index in [1.165, 1.54) is 53.2 Å². The van der Waals surface area contributed by atoms with Crippen molar-refractivity contribution in [3.8, 4) is 0 Å². The Kier molecular flexibility index (Phi) is 11.4. The third kappa shape index (κ3) is 9.38. The van der Waals surface area contributed by atoms with Gasteiger partial charge in [-0.3, -0.25) is 0 Å². The van der Waals surface area contributed by atoms with Crippen LogP contribution in [0.25, 0.3) is 0 Å². The molecule has 182 valence electrons. The minimum absolute atomic E-state index is 1.00. The number of hydrogen-bond acceptors (Lipinski definition) is 3. The SMILES string of the molecule is Cc1cc(C)c(C)o1.Cc1cc(C)c(C)s1.Cc1cc(C)c(C)s1.Cc1cc(C)n(C)c1C. The Morgan fingerprint density at radius 2 is 1.03 bits per heavy atom. The molecule has 4 heterocycles. The monoisotopic (exact) mass is 485 g/mol. The molecule has 33 heavy (non-hydrogen) atoms. The van der Waals surface area contributed by atoms with Crippen LogP contribution in [0.3, 0.4) is 0 Å². The average Bonchev–Trinajstić information content (AvgIpc) is 3.35. The van der Waals surface area contributed by atoms with E-state index in [1.807, 2.05) is 49.5 Å². The van der Waals surface area contributed by atoms with E-state index in [4.69, 9.17) is 4.42 Å². The maximum atomic E-state index is 5.21. The van der Waals surface area contributed by atoms with E-state index >= 15 is 0 Å². The summed E-state index contributed by atoms with van der Waals surface area (Å²) < 4.78 is 7.42. The molecule has 4 rings (SSSR count). The second-order valence-electron chi connectivity index (χ2n) is 8.90. The van der Waals surface area contributed by atoms with E-state index in [9.17, 15) is 0 Å². The van der Waals surface area contributed by atoms with Gasteiger partial charge in [-0.2, -0.15) is 0 Å². The van der Waals surface area contributed by atoms with Gasteiger partial charge in [-0.05, 0) is 130 Å². The molecule has 2 nitrogen and oxygen atoms in total. The van der Waals surface area contributed by atoms with E-state index in [0.29, 0.717) is 0 Å². The molecular formula is C29H43NOS2. The molecule has 0 bridgehead atoms. The number of nitrogens with zero attached hydrogens (tertiary/aromatic N) is 1. The average molecular weight is 486 g/mol. The van der Waals surface area contributed by atoms with Gasteiger partial charge in [0, 0.05) is 37.9 Å². The molecule has 0 saturated heterocycles. The standard InChI is InChI=1S/C8H13N.C7H10O.2C7H10S/c1-6-5-7(2)9(4)8(6)3;3*1-5-4-6(2)8-7(5)3/h5H,1-4H3;3*4H,1-3H3. The lowest BCUT2D eigenvalue weighted by Crippen LogP contribution is -1.92. The van der Waals surface area contributed by atoms with Crippen LogP contribution in [0.1, 0.15) is 64.7 Å². The molecule has 0 atom stereocenters. The molecule has 0 radical (unpaired) electrons. The van der Waals surface area contributed by atoms with Crippen molar-refractivity contribution >= 4 is 22.7 Å². The predicted octanol–water partition coefficient (Wildman–Crippen LogP) is 9.50. The van der Waals surface area contributed by atoms with Crippen molar-refractivity contribution < 1.29 is 4.42 Å². The third-order valence-corrected chi connectivity index (χ3v) is 8.03. The topological polar surface area (TPSA) is 18.1 Å². The fourth-order valence-corrected chi connectivity index (χ4v) is 5.19. The lowest BCUT2D eigenvalue weighted by Gasteiger charge is -1.97. The summed E-state index contributed by atoms with van der Waals surface area (Å²) in [4.78, 5) is 5.73. The molecular weight excluding hydrogens is 442 g/mol. The quantitative estimate of drug-likeness (QED) is 0.242. The van der Waals surface area contributed by atoms with Gasteiger partial charge in [0.25, 0.3) is 0 Å². The van der Waals surface area contributed by atoms with Gasteiger partial charge >= 0.3 is 0 Å². The Morgan fingerprint density at radius 3 is 1.12 bits per heavy atom. The van der Waals surface area contributed by atoms with Gasteiger partial charge in [0.05, 0.1) is 0 Å². The zero-order valence-electron chi connectivity index (χ0n) is 23.0. The second kappa shape index (κ2) is 13.0. The Bertz CT molecular complexity index is 965. The highest BCUT2D eigenvalue weighted by Gasteiger charge is 1.99. The third-order valence-electron chi connectivity index (χ3n) is 5.90. The van der Waals surface area contributed by atoms with Gasteiger partial charge in [-0.1, -0.05) is 0 Å². The molecule has 0 amide bonds. The van der Waals surface area contributed by atoms with Crippen LogP contribution in [0.2, 0.25) is 0 Å². The maximum absolute atomic E-state index is 5.21. The van der Waals surface area contributed by atoms with Crippen LogP contribution >= 0.6 is 22.7 Å². The van der Waals surface area contributed by atoms with Crippen LogP contribution in [0.15, 0.2) is 28.7 Å². The number of thiophene rings is 2. The second-order valence-corrected chi connectivity index (χ2v) is 11.8. The number of rotatable bonds is 0. The zero-order chi connectivity index (χ0) is 25.5. The first-order valence-electron chi connectivity index (χ1n) is 11.4. The normalized spacial score (nSPS) is 9.97. The number of aromatic nitrogens is 1. The summed E-state index contributed by atoms with van der Waals surface area (Å²) in [5, 5.41) is 0. The van der Waals surface area contributed by atoms with E-state index in [0.717, 1.165) is 11.5 Å². The fraction of sp³-hybridized carbons (Fsp3) is 0.448. The van der Waals surface area contributed by atoms with Crippen molar-refractivity contribution in [1.82, 2.24) is 4.57 Å². The molecule has 4 aromatic rings. The molecule has 0 aliphatic carbocycles. The van der Waals surface area contributed by atoms with Gasteiger partial charge in [0.2, 0.25) is 0 Å². The highest BCUT2D eigenvalue weighted by molar-refractivity contribution is 7.12. The lowest BCUT2D eigenvalue weighted by molar-refractivity contribution is 0.502.